The van der Waals surface area contributed by atoms with Crippen LogP contribution >= 0.6 is 23.4 Å². The first-order valence-corrected chi connectivity index (χ1v) is 9.12. The van der Waals surface area contributed by atoms with E-state index in [-0.39, 0.29) is 6.03 Å². The number of carbonyl (C=O) groups excluding carboxylic acids is 1. The quantitative estimate of drug-likeness (QED) is 0.698. The van der Waals surface area contributed by atoms with E-state index >= 15 is 0 Å². The summed E-state index contributed by atoms with van der Waals surface area (Å²) in [5, 5.41) is 16.4. The Balaban J connectivity index is 2.14. The van der Waals surface area contributed by atoms with Crippen LogP contribution in [-0.2, 0) is 0 Å². The summed E-state index contributed by atoms with van der Waals surface area (Å²) in [6.45, 7) is 2.17. The highest BCUT2D eigenvalue weighted by Crippen LogP contribution is 2.31. The van der Waals surface area contributed by atoms with Gasteiger partial charge in [0.05, 0.1) is 16.6 Å². The van der Waals surface area contributed by atoms with Crippen LogP contribution in [0.5, 0.6) is 0 Å². The molecule has 0 spiro atoms. The van der Waals surface area contributed by atoms with Crippen molar-refractivity contribution in [1.82, 2.24) is 10.6 Å². The number of benzene rings is 1. The molecule has 122 valence electrons. The summed E-state index contributed by atoms with van der Waals surface area (Å²) in [6.07, 6.45) is 4.66. The lowest BCUT2D eigenvalue weighted by Crippen LogP contribution is -2.43. The highest BCUT2D eigenvalue weighted by Gasteiger charge is 2.28. The first kappa shape index (κ1) is 17.7. The number of unbranched alkanes of at least 4 members (excludes halogenated alkanes) is 3. The molecule has 0 saturated heterocycles. The van der Waals surface area contributed by atoms with E-state index in [2.05, 4.69) is 23.6 Å². The zero-order valence-corrected chi connectivity index (χ0v) is 14.6. The third-order valence-electron chi connectivity index (χ3n) is 3.60. The van der Waals surface area contributed by atoms with Gasteiger partial charge in [0.25, 0.3) is 0 Å². The Bertz CT molecular complexity index is 622. The summed E-state index contributed by atoms with van der Waals surface area (Å²) in [4.78, 5) is 11.9. The lowest BCUT2D eigenvalue weighted by atomic mass is 9.99. The molecule has 0 fully saturated rings. The number of nitriles is 1. The predicted octanol–water partition coefficient (Wildman–Crippen LogP) is 4.74. The van der Waals surface area contributed by atoms with Crippen LogP contribution in [0, 0.1) is 11.3 Å². The number of nitrogens with zero attached hydrogens (tertiary/aromatic N) is 1. The molecule has 4 nitrogen and oxygen atoms in total. The second-order valence-corrected chi connectivity index (χ2v) is 6.89. The Morgan fingerprint density at radius 1 is 1.26 bits per heavy atom. The molecule has 1 atom stereocenters. The molecule has 6 heteroatoms. The molecule has 1 heterocycles. The Labute approximate surface area is 146 Å². The number of thioether (sulfide) groups is 1. The fourth-order valence-corrected chi connectivity index (χ4v) is 3.54. The van der Waals surface area contributed by atoms with Crippen LogP contribution in [0.2, 0.25) is 5.02 Å². The average molecular weight is 350 g/mol. The molecule has 1 aliphatic rings. The molecule has 2 amide bonds. The van der Waals surface area contributed by atoms with Crippen LogP contribution < -0.4 is 10.6 Å². The largest absolute Gasteiger partial charge is 0.326 e. The number of halogens is 1. The van der Waals surface area contributed by atoms with E-state index in [1.807, 2.05) is 12.1 Å². The summed E-state index contributed by atoms with van der Waals surface area (Å²) < 4.78 is 0. The number of amides is 2. The fraction of sp³-hybridized carbons (Fsp3) is 0.412. The van der Waals surface area contributed by atoms with Crippen LogP contribution in [0.4, 0.5) is 4.79 Å². The van der Waals surface area contributed by atoms with Gasteiger partial charge in [0.2, 0.25) is 0 Å². The minimum absolute atomic E-state index is 0.278. The van der Waals surface area contributed by atoms with Gasteiger partial charge >= 0.3 is 6.03 Å². The van der Waals surface area contributed by atoms with Crippen molar-refractivity contribution in [2.75, 3.05) is 5.75 Å². The van der Waals surface area contributed by atoms with Crippen LogP contribution in [0.3, 0.4) is 0 Å². The molecule has 0 radical (unpaired) electrons. The predicted molar refractivity (Wildman–Crippen MR) is 95.1 cm³/mol. The summed E-state index contributed by atoms with van der Waals surface area (Å²) >= 11 is 7.45. The molecule has 0 bridgehead atoms. The molecule has 23 heavy (non-hydrogen) atoms. The molecule has 2 N–H and O–H groups in total. The van der Waals surface area contributed by atoms with Crippen molar-refractivity contribution in [1.29, 1.82) is 5.26 Å². The minimum Gasteiger partial charge on any atom is -0.326 e. The van der Waals surface area contributed by atoms with Crippen molar-refractivity contribution in [3.05, 3.63) is 45.5 Å². The normalized spacial score (nSPS) is 17.4. The molecule has 1 aromatic carbocycles. The maximum atomic E-state index is 11.9. The van der Waals surface area contributed by atoms with Crippen LogP contribution in [0.1, 0.15) is 44.2 Å². The van der Waals surface area contributed by atoms with E-state index in [9.17, 15) is 10.1 Å². The maximum absolute atomic E-state index is 11.9. The third-order valence-corrected chi connectivity index (χ3v) is 4.96. The van der Waals surface area contributed by atoms with Crippen LogP contribution in [0.15, 0.2) is 34.9 Å². The first-order valence-electron chi connectivity index (χ1n) is 7.75. The van der Waals surface area contributed by atoms with Gasteiger partial charge in [-0.3, -0.25) is 0 Å². The molecule has 0 saturated carbocycles. The zero-order valence-electron chi connectivity index (χ0n) is 13.1. The molecular formula is C17H20ClN3OS. The smallest absolute Gasteiger partial charge is 0.320 e. The van der Waals surface area contributed by atoms with Gasteiger partial charge in [-0.05, 0) is 29.9 Å². The van der Waals surface area contributed by atoms with Gasteiger partial charge in [-0.2, -0.15) is 5.26 Å². The summed E-state index contributed by atoms with van der Waals surface area (Å²) in [6, 6.07) is 8.72. The van der Waals surface area contributed by atoms with Gasteiger partial charge in [0.15, 0.2) is 0 Å². The Morgan fingerprint density at radius 2 is 2.00 bits per heavy atom. The number of nitrogens with one attached hydrogen (secondary N) is 2. The van der Waals surface area contributed by atoms with Crippen molar-refractivity contribution < 1.29 is 4.79 Å². The average Bonchev–Trinajstić information content (AvgIpc) is 2.55. The van der Waals surface area contributed by atoms with E-state index < -0.39 is 6.04 Å². The lowest BCUT2D eigenvalue weighted by molar-refractivity contribution is 0.240. The first-order chi connectivity index (χ1) is 11.2. The molecule has 1 aromatic rings. The Kier molecular flexibility index (Phi) is 6.82. The fourth-order valence-electron chi connectivity index (χ4n) is 2.38. The van der Waals surface area contributed by atoms with Gasteiger partial charge in [-0.1, -0.05) is 49.9 Å². The number of hydrogen-bond acceptors (Lipinski definition) is 3. The second-order valence-electron chi connectivity index (χ2n) is 5.35. The molecule has 1 aliphatic heterocycles. The number of rotatable bonds is 7. The monoisotopic (exact) mass is 349 g/mol. The van der Waals surface area contributed by atoms with Crippen molar-refractivity contribution in [3.63, 3.8) is 0 Å². The number of hydrogen-bond donors (Lipinski definition) is 2. The SMILES string of the molecule is CCCCCCSC1=C(C#N)C(c2ccc(Cl)cc2)NC(=O)N1. The highest BCUT2D eigenvalue weighted by atomic mass is 35.5. The zero-order chi connectivity index (χ0) is 16.7. The van der Waals surface area contributed by atoms with Crippen molar-refractivity contribution in [3.8, 4) is 6.07 Å². The van der Waals surface area contributed by atoms with E-state index in [0.717, 1.165) is 17.7 Å². The number of urea groups is 1. The Morgan fingerprint density at radius 3 is 2.65 bits per heavy atom. The minimum atomic E-state index is -0.427. The number of carbonyl (C=O) groups is 1. The molecule has 2 rings (SSSR count). The molecular weight excluding hydrogens is 330 g/mol. The van der Waals surface area contributed by atoms with Gasteiger partial charge in [-0.15, -0.1) is 11.8 Å². The summed E-state index contributed by atoms with van der Waals surface area (Å²) in [5.41, 5.74) is 1.40. The van der Waals surface area contributed by atoms with E-state index in [0.29, 0.717) is 15.6 Å². The third kappa shape index (κ3) is 4.92. The second kappa shape index (κ2) is 8.85. The van der Waals surface area contributed by atoms with Crippen molar-refractivity contribution in [2.24, 2.45) is 0 Å². The van der Waals surface area contributed by atoms with E-state index in [1.165, 1.54) is 19.3 Å². The van der Waals surface area contributed by atoms with E-state index in [1.54, 1.807) is 23.9 Å². The maximum Gasteiger partial charge on any atom is 0.320 e. The van der Waals surface area contributed by atoms with Crippen LogP contribution in [0.25, 0.3) is 0 Å². The summed E-state index contributed by atoms with van der Waals surface area (Å²) in [7, 11) is 0. The van der Waals surface area contributed by atoms with Crippen molar-refractivity contribution in [2.45, 2.75) is 38.6 Å². The van der Waals surface area contributed by atoms with Crippen molar-refractivity contribution >= 4 is 29.4 Å². The molecule has 0 aliphatic carbocycles. The highest BCUT2D eigenvalue weighted by molar-refractivity contribution is 8.03. The molecule has 1 unspecified atom stereocenters. The van der Waals surface area contributed by atoms with Crippen LogP contribution in [-0.4, -0.2) is 11.8 Å². The van der Waals surface area contributed by atoms with Gasteiger partial charge in [0.1, 0.15) is 6.07 Å². The molecule has 0 aromatic heterocycles. The lowest BCUT2D eigenvalue weighted by Gasteiger charge is -2.26. The summed E-state index contributed by atoms with van der Waals surface area (Å²) in [5.74, 6) is 0.897. The van der Waals surface area contributed by atoms with Gasteiger partial charge < -0.3 is 10.6 Å². The van der Waals surface area contributed by atoms with Gasteiger partial charge in [-0.25, -0.2) is 4.79 Å². The standard InChI is InChI=1S/C17H20ClN3OS/c1-2-3-4-5-10-23-16-14(11-19)15(20-17(22)21-16)12-6-8-13(18)9-7-12/h6-9,15H,2-5,10H2,1H3,(H2,20,21,22). The van der Waals surface area contributed by atoms with E-state index in [4.69, 9.17) is 11.6 Å². The van der Waals surface area contributed by atoms with Gasteiger partial charge in [0, 0.05) is 5.02 Å². The topological polar surface area (TPSA) is 64.9 Å². The Hall–Kier alpha value is -1.64.